The zero-order valence-corrected chi connectivity index (χ0v) is 11.1. The molecule has 0 spiro atoms. The van der Waals surface area contributed by atoms with Gasteiger partial charge in [0.15, 0.2) is 0 Å². The first-order chi connectivity index (χ1) is 7.74. The van der Waals surface area contributed by atoms with Gasteiger partial charge in [0.2, 0.25) is 0 Å². The largest absolute Gasteiger partial charge is 0.378 e. The minimum Gasteiger partial charge on any atom is -0.378 e. The van der Waals surface area contributed by atoms with Crippen LogP contribution in [-0.4, -0.2) is 19.3 Å². The Morgan fingerprint density at radius 1 is 1.19 bits per heavy atom. The fraction of sp³-hybridized carbons (Fsp3) is 1.00. The Balaban J connectivity index is 2.20. The quantitative estimate of drug-likeness (QED) is 0.558. The normalized spacial score (nSPS) is 27.0. The first-order valence-corrected chi connectivity index (χ1v) is 7.05. The van der Waals surface area contributed by atoms with Gasteiger partial charge in [-0.1, -0.05) is 33.1 Å². The monoisotopic (exact) mass is 227 g/mol. The van der Waals surface area contributed by atoms with Crippen molar-refractivity contribution in [1.82, 2.24) is 0 Å². The molecule has 0 heterocycles. The van der Waals surface area contributed by atoms with Crippen molar-refractivity contribution in [3.63, 3.8) is 0 Å². The van der Waals surface area contributed by atoms with Crippen LogP contribution in [-0.2, 0) is 4.74 Å². The van der Waals surface area contributed by atoms with Crippen LogP contribution >= 0.6 is 0 Å². The molecule has 0 bridgehead atoms. The summed E-state index contributed by atoms with van der Waals surface area (Å²) in [5.41, 5.74) is 5.84. The summed E-state index contributed by atoms with van der Waals surface area (Å²) in [6.07, 6.45) is 9.45. The number of hydrogen-bond donors (Lipinski definition) is 1. The minimum absolute atomic E-state index is 0.444. The Hall–Kier alpha value is -0.0800. The van der Waals surface area contributed by atoms with E-state index >= 15 is 0 Å². The highest BCUT2D eigenvalue weighted by atomic mass is 16.5. The zero-order valence-electron chi connectivity index (χ0n) is 11.1. The molecular formula is C14H29NO. The van der Waals surface area contributed by atoms with Gasteiger partial charge in [-0.2, -0.15) is 0 Å². The number of rotatable bonds is 6. The third kappa shape index (κ3) is 5.31. The molecule has 0 aliphatic heterocycles. The van der Waals surface area contributed by atoms with Crippen LogP contribution in [0.1, 0.15) is 58.8 Å². The molecule has 0 amide bonds. The first kappa shape index (κ1) is 14.0. The summed E-state index contributed by atoms with van der Waals surface area (Å²) in [6, 6.07) is 0. The van der Waals surface area contributed by atoms with Crippen molar-refractivity contribution in [3.8, 4) is 0 Å². The van der Waals surface area contributed by atoms with E-state index in [1.54, 1.807) is 0 Å². The van der Waals surface area contributed by atoms with E-state index in [1.165, 1.54) is 44.9 Å². The Kier molecular flexibility index (Phi) is 7.06. The predicted octanol–water partition coefficient (Wildman–Crippen LogP) is 3.35. The first-order valence-electron chi connectivity index (χ1n) is 7.05. The van der Waals surface area contributed by atoms with Crippen LogP contribution < -0.4 is 5.73 Å². The van der Waals surface area contributed by atoms with Gasteiger partial charge in [0, 0.05) is 6.61 Å². The van der Waals surface area contributed by atoms with Crippen molar-refractivity contribution in [2.24, 2.45) is 17.6 Å². The molecule has 2 nitrogen and oxygen atoms in total. The Morgan fingerprint density at radius 2 is 1.94 bits per heavy atom. The molecule has 2 unspecified atom stereocenters. The highest BCUT2D eigenvalue weighted by Crippen LogP contribution is 2.25. The summed E-state index contributed by atoms with van der Waals surface area (Å²) < 4.78 is 6.04. The second-order valence-electron chi connectivity index (χ2n) is 5.58. The van der Waals surface area contributed by atoms with E-state index < -0.39 is 0 Å². The topological polar surface area (TPSA) is 35.2 Å². The van der Waals surface area contributed by atoms with E-state index in [2.05, 4.69) is 13.8 Å². The second kappa shape index (κ2) is 8.08. The fourth-order valence-electron chi connectivity index (χ4n) is 2.57. The molecule has 2 N–H and O–H groups in total. The molecule has 1 aliphatic carbocycles. The molecule has 0 saturated heterocycles. The molecule has 0 aromatic carbocycles. The van der Waals surface area contributed by atoms with Crippen molar-refractivity contribution in [2.75, 3.05) is 13.2 Å². The molecule has 2 heteroatoms. The third-order valence-corrected chi connectivity index (χ3v) is 3.65. The SMILES string of the molecule is CC(C)CCCOC1CCCCCC1CN. The standard InChI is InChI=1S/C14H29NO/c1-12(2)7-6-10-16-14-9-5-3-4-8-13(14)11-15/h12-14H,3-11,15H2,1-2H3. The lowest BCUT2D eigenvalue weighted by molar-refractivity contribution is 0.00771. The van der Waals surface area contributed by atoms with Crippen molar-refractivity contribution in [3.05, 3.63) is 0 Å². The van der Waals surface area contributed by atoms with Crippen molar-refractivity contribution in [2.45, 2.75) is 64.9 Å². The van der Waals surface area contributed by atoms with Gasteiger partial charge in [0.25, 0.3) is 0 Å². The van der Waals surface area contributed by atoms with Gasteiger partial charge in [-0.25, -0.2) is 0 Å². The maximum Gasteiger partial charge on any atom is 0.0615 e. The van der Waals surface area contributed by atoms with Crippen LogP contribution in [0.2, 0.25) is 0 Å². The maximum absolute atomic E-state index is 6.04. The molecule has 0 aromatic heterocycles. The van der Waals surface area contributed by atoms with Crippen molar-refractivity contribution >= 4 is 0 Å². The third-order valence-electron chi connectivity index (χ3n) is 3.65. The highest BCUT2D eigenvalue weighted by molar-refractivity contribution is 4.75. The highest BCUT2D eigenvalue weighted by Gasteiger charge is 2.22. The molecule has 1 fully saturated rings. The van der Waals surface area contributed by atoms with Gasteiger partial charge in [-0.05, 0) is 44.1 Å². The number of ether oxygens (including phenoxy) is 1. The lowest BCUT2D eigenvalue weighted by Crippen LogP contribution is -2.29. The Bertz CT molecular complexity index is 170. The Morgan fingerprint density at radius 3 is 2.62 bits per heavy atom. The molecule has 0 radical (unpaired) electrons. The van der Waals surface area contributed by atoms with E-state index in [4.69, 9.17) is 10.5 Å². The molecule has 96 valence electrons. The Labute approximate surface area is 101 Å². The summed E-state index contributed by atoms with van der Waals surface area (Å²) in [4.78, 5) is 0. The lowest BCUT2D eigenvalue weighted by Gasteiger charge is -2.24. The summed E-state index contributed by atoms with van der Waals surface area (Å²) in [5, 5.41) is 0. The van der Waals surface area contributed by atoms with Crippen LogP contribution in [0.3, 0.4) is 0 Å². The van der Waals surface area contributed by atoms with Crippen LogP contribution in [0.15, 0.2) is 0 Å². The average Bonchev–Trinajstić information content (AvgIpc) is 2.48. The summed E-state index contributed by atoms with van der Waals surface area (Å²) >= 11 is 0. The van der Waals surface area contributed by atoms with Crippen LogP contribution in [0.5, 0.6) is 0 Å². The summed E-state index contributed by atoms with van der Waals surface area (Å²) in [7, 11) is 0. The summed E-state index contributed by atoms with van der Waals surface area (Å²) in [6.45, 7) is 6.27. The van der Waals surface area contributed by atoms with Gasteiger partial charge in [-0.15, -0.1) is 0 Å². The smallest absolute Gasteiger partial charge is 0.0615 e. The summed E-state index contributed by atoms with van der Waals surface area (Å²) in [5.74, 6) is 1.41. The van der Waals surface area contributed by atoms with Crippen LogP contribution in [0.4, 0.5) is 0 Å². The zero-order chi connectivity index (χ0) is 11.8. The van der Waals surface area contributed by atoms with Gasteiger partial charge in [0.05, 0.1) is 6.10 Å². The molecule has 0 aromatic rings. The molecule has 1 saturated carbocycles. The van der Waals surface area contributed by atoms with Gasteiger partial charge >= 0.3 is 0 Å². The average molecular weight is 227 g/mol. The molecule has 1 rings (SSSR count). The van der Waals surface area contributed by atoms with Gasteiger partial charge < -0.3 is 10.5 Å². The van der Waals surface area contributed by atoms with Crippen LogP contribution in [0.25, 0.3) is 0 Å². The molecule has 2 atom stereocenters. The maximum atomic E-state index is 6.04. The van der Waals surface area contributed by atoms with Crippen LogP contribution in [0, 0.1) is 11.8 Å². The number of hydrogen-bond acceptors (Lipinski definition) is 2. The minimum atomic E-state index is 0.444. The van der Waals surface area contributed by atoms with Crippen molar-refractivity contribution in [1.29, 1.82) is 0 Å². The fourth-order valence-corrected chi connectivity index (χ4v) is 2.57. The van der Waals surface area contributed by atoms with E-state index in [-0.39, 0.29) is 0 Å². The van der Waals surface area contributed by atoms with E-state index in [0.29, 0.717) is 12.0 Å². The predicted molar refractivity (Wildman–Crippen MR) is 69.4 cm³/mol. The van der Waals surface area contributed by atoms with Gasteiger partial charge in [0.1, 0.15) is 0 Å². The van der Waals surface area contributed by atoms with Crippen molar-refractivity contribution < 1.29 is 4.74 Å². The van der Waals surface area contributed by atoms with E-state index in [0.717, 1.165) is 19.1 Å². The molecule has 1 aliphatic rings. The van der Waals surface area contributed by atoms with E-state index in [1.807, 2.05) is 0 Å². The molecule has 16 heavy (non-hydrogen) atoms. The van der Waals surface area contributed by atoms with E-state index in [9.17, 15) is 0 Å². The van der Waals surface area contributed by atoms with Gasteiger partial charge in [-0.3, -0.25) is 0 Å². The lowest BCUT2D eigenvalue weighted by atomic mass is 9.97. The second-order valence-corrected chi connectivity index (χ2v) is 5.58. The number of nitrogens with two attached hydrogens (primary N) is 1. The molecular weight excluding hydrogens is 198 g/mol.